The number of nitriles is 2. The minimum atomic E-state index is -1.02. The Morgan fingerprint density at radius 3 is 2.56 bits per heavy atom. The van der Waals surface area contributed by atoms with Crippen molar-refractivity contribution in [2.24, 2.45) is 0 Å². The number of pyridine rings is 1. The summed E-state index contributed by atoms with van der Waals surface area (Å²) < 4.78 is 17.3. The van der Waals surface area contributed by atoms with Gasteiger partial charge in [-0.1, -0.05) is 11.8 Å². The molecular formula is C26H23FN6O2S. The van der Waals surface area contributed by atoms with E-state index in [9.17, 15) is 25.1 Å². The third-order valence-electron chi connectivity index (χ3n) is 6.86. The predicted octanol–water partition coefficient (Wildman–Crippen LogP) is 4.38. The van der Waals surface area contributed by atoms with Gasteiger partial charge < -0.3 is 10.2 Å². The standard InChI is InChI=1S/C26H23FN6O2S/c1-16-22(13-31-33(16)21-4-6-26(35,15-34)7-5-21)18-9-24(25-19(11-29)12-30-32(25)14-18)36-23-3-2-20(27)8-17(23)10-28/h2-3,8-9,12-14,21,34-35H,4-7,15H2,1H3/t21-,26-. The van der Waals surface area contributed by atoms with Gasteiger partial charge in [0.2, 0.25) is 0 Å². The normalized spacial score (nSPS) is 19.8. The lowest BCUT2D eigenvalue weighted by atomic mass is 9.83. The lowest BCUT2D eigenvalue weighted by Crippen LogP contribution is -2.38. The molecule has 2 N–H and O–H groups in total. The third kappa shape index (κ3) is 4.24. The van der Waals surface area contributed by atoms with Crippen molar-refractivity contribution in [1.82, 2.24) is 19.4 Å². The Kier molecular flexibility index (Phi) is 6.27. The maximum absolute atomic E-state index is 13.7. The summed E-state index contributed by atoms with van der Waals surface area (Å²) in [7, 11) is 0. The molecule has 1 aliphatic carbocycles. The van der Waals surface area contributed by atoms with Crippen LogP contribution in [0.2, 0.25) is 0 Å². The molecule has 0 amide bonds. The van der Waals surface area contributed by atoms with Gasteiger partial charge in [0, 0.05) is 32.8 Å². The van der Waals surface area contributed by atoms with Crippen LogP contribution in [0.25, 0.3) is 16.6 Å². The summed E-state index contributed by atoms with van der Waals surface area (Å²) in [6, 6.07) is 10.3. The van der Waals surface area contributed by atoms with Crippen molar-refractivity contribution in [2.75, 3.05) is 6.61 Å². The first-order valence-corrected chi connectivity index (χ1v) is 12.3. The highest BCUT2D eigenvalue weighted by Crippen LogP contribution is 2.39. The summed E-state index contributed by atoms with van der Waals surface area (Å²) in [5.41, 5.74) is 2.90. The maximum Gasteiger partial charge on any atom is 0.124 e. The maximum atomic E-state index is 13.7. The molecule has 0 spiro atoms. The zero-order valence-electron chi connectivity index (χ0n) is 19.5. The zero-order valence-corrected chi connectivity index (χ0v) is 20.3. The van der Waals surface area contributed by atoms with Gasteiger partial charge in [0.25, 0.3) is 0 Å². The van der Waals surface area contributed by atoms with Crippen molar-refractivity contribution in [3.05, 3.63) is 65.5 Å². The molecule has 1 saturated carbocycles. The number of fused-ring (bicyclic) bond motifs is 1. The number of halogens is 1. The van der Waals surface area contributed by atoms with E-state index in [4.69, 9.17) is 0 Å². The lowest BCUT2D eigenvalue weighted by molar-refractivity contribution is -0.0512. The quantitative estimate of drug-likeness (QED) is 0.415. The van der Waals surface area contributed by atoms with Gasteiger partial charge in [0.15, 0.2) is 0 Å². The summed E-state index contributed by atoms with van der Waals surface area (Å²) in [6.07, 6.45) is 7.59. The molecule has 182 valence electrons. The SMILES string of the molecule is Cc1c(-c2cc(Sc3ccc(F)cc3C#N)c3c(C#N)cnn3c2)cnn1[C@H]1CC[C@@](O)(CO)CC1. The number of nitrogens with zero attached hydrogens (tertiary/aromatic N) is 6. The van der Waals surface area contributed by atoms with Crippen LogP contribution in [-0.2, 0) is 0 Å². The van der Waals surface area contributed by atoms with Crippen LogP contribution in [0.3, 0.4) is 0 Å². The molecule has 1 fully saturated rings. The van der Waals surface area contributed by atoms with Gasteiger partial charge >= 0.3 is 0 Å². The number of hydrogen-bond acceptors (Lipinski definition) is 7. The van der Waals surface area contributed by atoms with E-state index in [1.165, 1.54) is 30.1 Å². The second kappa shape index (κ2) is 9.40. The molecule has 4 aromatic rings. The van der Waals surface area contributed by atoms with Crippen molar-refractivity contribution < 1.29 is 14.6 Å². The molecule has 0 bridgehead atoms. The van der Waals surface area contributed by atoms with Gasteiger partial charge in [0.1, 0.15) is 18.0 Å². The van der Waals surface area contributed by atoms with E-state index in [1.54, 1.807) is 16.8 Å². The van der Waals surface area contributed by atoms with E-state index >= 15 is 0 Å². The van der Waals surface area contributed by atoms with Crippen LogP contribution in [0.15, 0.2) is 52.6 Å². The minimum absolute atomic E-state index is 0.121. The molecule has 8 nitrogen and oxygen atoms in total. The highest BCUT2D eigenvalue weighted by Gasteiger charge is 2.34. The summed E-state index contributed by atoms with van der Waals surface area (Å²) >= 11 is 1.28. The molecule has 0 radical (unpaired) electrons. The van der Waals surface area contributed by atoms with Crippen LogP contribution in [0, 0.1) is 35.4 Å². The smallest absolute Gasteiger partial charge is 0.124 e. The predicted molar refractivity (Wildman–Crippen MR) is 131 cm³/mol. The van der Waals surface area contributed by atoms with Crippen molar-refractivity contribution in [1.29, 1.82) is 10.5 Å². The van der Waals surface area contributed by atoms with Gasteiger partial charge in [-0.05, 0) is 56.9 Å². The second-order valence-electron chi connectivity index (χ2n) is 9.11. The van der Waals surface area contributed by atoms with E-state index in [0.29, 0.717) is 46.6 Å². The number of aliphatic hydroxyl groups excluding tert-OH is 1. The molecule has 0 unspecified atom stereocenters. The van der Waals surface area contributed by atoms with E-state index in [0.717, 1.165) is 16.8 Å². The summed E-state index contributed by atoms with van der Waals surface area (Å²) in [6.45, 7) is 1.75. The molecule has 3 heterocycles. The number of hydrogen-bond donors (Lipinski definition) is 2. The third-order valence-corrected chi connectivity index (χ3v) is 7.97. The Morgan fingerprint density at radius 1 is 1.11 bits per heavy atom. The van der Waals surface area contributed by atoms with Crippen molar-refractivity contribution in [3.63, 3.8) is 0 Å². The molecule has 10 heteroatoms. The Hall–Kier alpha value is -3.70. The zero-order chi connectivity index (χ0) is 25.4. The van der Waals surface area contributed by atoms with Gasteiger partial charge in [0.05, 0.1) is 47.3 Å². The van der Waals surface area contributed by atoms with Gasteiger partial charge in [-0.3, -0.25) is 4.68 Å². The highest BCUT2D eigenvalue weighted by molar-refractivity contribution is 7.99. The molecule has 0 atom stereocenters. The fourth-order valence-corrected chi connectivity index (χ4v) is 5.88. The molecule has 5 rings (SSSR count). The monoisotopic (exact) mass is 502 g/mol. The van der Waals surface area contributed by atoms with Crippen molar-refractivity contribution in [2.45, 2.75) is 54.0 Å². The molecule has 3 aromatic heterocycles. The molecule has 0 saturated heterocycles. The Morgan fingerprint density at radius 2 is 1.86 bits per heavy atom. The number of rotatable bonds is 5. The first-order valence-electron chi connectivity index (χ1n) is 11.5. The van der Waals surface area contributed by atoms with Crippen LogP contribution in [0.5, 0.6) is 0 Å². The van der Waals surface area contributed by atoms with Crippen molar-refractivity contribution >= 4 is 17.3 Å². The number of aliphatic hydroxyl groups is 2. The molecule has 36 heavy (non-hydrogen) atoms. The first kappa shape index (κ1) is 24.0. The molecular weight excluding hydrogens is 479 g/mol. The fourth-order valence-electron chi connectivity index (χ4n) is 4.81. The average Bonchev–Trinajstić information content (AvgIpc) is 3.48. The van der Waals surface area contributed by atoms with Crippen LogP contribution in [0.1, 0.15) is 48.5 Å². The topological polar surface area (TPSA) is 123 Å². The van der Waals surface area contributed by atoms with Crippen LogP contribution in [0.4, 0.5) is 4.39 Å². The second-order valence-corrected chi connectivity index (χ2v) is 10.2. The number of benzene rings is 1. The first-order chi connectivity index (χ1) is 17.4. The molecule has 1 aromatic carbocycles. The average molecular weight is 503 g/mol. The molecule has 1 aliphatic rings. The Labute approximate surface area is 211 Å². The van der Waals surface area contributed by atoms with Crippen LogP contribution < -0.4 is 0 Å². The Bertz CT molecular complexity index is 1540. The van der Waals surface area contributed by atoms with E-state index in [1.807, 2.05) is 29.9 Å². The molecule has 0 aliphatic heterocycles. The summed E-state index contributed by atoms with van der Waals surface area (Å²) in [5.74, 6) is -0.486. The highest BCUT2D eigenvalue weighted by atomic mass is 32.2. The van der Waals surface area contributed by atoms with Gasteiger partial charge in [-0.2, -0.15) is 20.7 Å². The van der Waals surface area contributed by atoms with E-state index in [2.05, 4.69) is 16.3 Å². The van der Waals surface area contributed by atoms with Gasteiger partial charge in [-0.15, -0.1) is 0 Å². The minimum Gasteiger partial charge on any atom is -0.393 e. The van der Waals surface area contributed by atoms with E-state index in [-0.39, 0.29) is 18.2 Å². The number of aromatic nitrogens is 4. The van der Waals surface area contributed by atoms with Crippen molar-refractivity contribution in [3.8, 4) is 23.3 Å². The fraction of sp³-hybridized carbons (Fsp3) is 0.308. The van der Waals surface area contributed by atoms with Crippen LogP contribution >= 0.6 is 11.8 Å². The lowest BCUT2D eigenvalue weighted by Gasteiger charge is -2.35. The summed E-state index contributed by atoms with van der Waals surface area (Å²) in [5, 5.41) is 48.0. The van der Waals surface area contributed by atoms with E-state index < -0.39 is 11.4 Å². The largest absolute Gasteiger partial charge is 0.393 e. The van der Waals surface area contributed by atoms with Gasteiger partial charge in [-0.25, -0.2) is 8.91 Å². The van der Waals surface area contributed by atoms with Crippen LogP contribution in [-0.4, -0.2) is 41.8 Å². The Balaban J connectivity index is 1.55. The summed E-state index contributed by atoms with van der Waals surface area (Å²) in [4.78, 5) is 1.29.